The second-order valence-corrected chi connectivity index (χ2v) is 2.52. The Hall–Kier alpha value is -0.280. The molecular formula is C6H11ClO3. The van der Waals surface area contributed by atoms with Crippen LogP contribution in [0.1, 0.15) is 20.3 Å². The van der Waals surface area contributed by atoms with Gasteiger partial charge in [-0.2, -0.15) is 0 Å². The SMILES string of the molecule is CCC(O)C(=O)OC(C)Cl. The molecule has 0 saturated heterocycles. The quantitative estimate of drug-likeness (QED) is 0.500. The number of carbonyl (C=O) groups excluding carboxylic acids is 1. The van der Waals surface area contributed by atoms with Crippen molar-refractivity contribution in [3.8, 4) is 0 Å². The molecule has 0 amide bonds. The number of rotatable bonds is 3. The van der Waals surface area contributed by atoms with Crippen LogP contribution < -0.4 is 0 Å². The largest absolute Gasteiger partial charge is 0.444 e. The Labute approximate surface area is 64.9 Å². The number of halogens is 1. The molecule has 0 aromatic heterocycles. The first kappa shape index (κ1) is 9.72. The maximum Gasteiger partial charge on any atom is 0.336 e. The van der Waals surface area contributed by atoms with Gasteiger partial charge in [-0.05, 0) is 13.3 Å². The van der Waals surface area contributed by atoms with E-state index in [1.54, 1.807) is 6.92 Å². The van der Waals surface area contributed by atoms with Crippen LogP contribution in [0.3, 0.4) is 0 Å². The second kappa shape index (κ2) is 4.52. The van der Waals surface area contributed by atoms with Gasteiger partial charge in [-0.3, -0.25) is 0 Å². The van der Waals surface area contributed by atoms with Gasteiger partial charge in [-0.25, -0.2) is 4.79 Å². The lowest BCUT2D eigenvalue weighted by molar-refractivity contribution is -0.154. The number of hydrogen-bond donors (Lipinski definition) is 1. The molecular weight excluding hydrogens is 156 g/mol. The van der Waals surface area contributed by atoms with Gasteiger partial charge in [0, 0.05) is 0 Å². The highest BCUT2D eigenvalue weighted by atomic mass is 35.5. The third-order valence-electron chi connectivity index (χ3n) is 0.937. The summed E-state index contributed by atoms with van der Waals surface area (Å²) in [6.07, 6.45) is -0.691. The average Bonchev–Trinajstić information content (AvgIpc) is 1.85. The van der Waals surface area contributed by atoms with Crippen molar-refractivity contribution >= 4 is 17.6 Å². The molecule has 0 aliphatic carbocycles. The number of aliphatic hydroxyl groups is 1. The van der Waals surface area contributed by atoms with E-state index in [-0.39, 0.29) is 0 Å². The highest BCUT2D eigenvalue weighted by Crippen LogP contribution is 2.00. The fraction of sp³-hybridized carbons (Fsp3) is 0.833. The maximum atomic E-state index is 10.6. The van der Waals surface area contributed by atoms with E-state index >= 15 is 0 Å². The molecule has 2 unspecified atom stereocenters. The van der Waals surface area contributed by atoms with Crippen LogP contribution in [0, 0.1) is 0 Å². The summed E-state index contributed by atoms with van der Waals surface area (Å²) < 4.78 is 4.48. The minimum Gasteiger partial charge on any atom is -0.444 e. The van der Waals surface area contributed by atoms with Crippen LogP contribution in [0.2, 0.25) is 0 Å². The summed E-state index contributed by atoms with van der Waals surface area (Å²) in [6.45, 7) is 3.20. The Morgan fingerprint density at radius 1 is 1.80 bits per heavy atom. The van der Waals surface area contributed by atoms with Crippen molar-refractivity contribution in [2.24, 2.45) is 0 Å². The first-order valence-electron chi connectivity index (χ1n) is 3.10. The number of hydrogen-bond acceptors (Lipinski definition) is 3. The summed E-state index contributed by atoms with van der Waals surface area (Å²) in [5, 5.41) is 8.84. The number of alkyl halides is 1. The lowest BCUT2D eigenvalue weighted by Crippen LogP contribution is -2.23. The van der Waals surface area contributed by atoms with Gasteiger partial charge in [0.15, 0.2) is 11.7 Å². The minimum atomic E-state index is -1.04. The Bertz CT molecular complexity index is 114. The normalized spacial score (nSPS) is 16.0. The minimum absolute atomic E-state index is 0.350. The lowest BCUT2D eigenvalue weighted by atomic mass is 10.3. The summed E-state index contributed by atoms with van der Waals surface area (Å²) in [4.78, 5) is 10.6. The smallest absolute Gasteiger partial charge is 0.336 e. The van der Waals surface area contributed by atoms with Crippen LogP contribution in [-0.4, -0.2) is 22.7 Å². The third kappa shape index (κ3) is 3.69. The van der Waals surface area contributed by atoms with Gasteiger partial charge in [0.2, 0.25) is 0 Å². The van der Waals surface area contributed by atoms with E-state index in [2.05, 4.69) is 4.74 Å². The number of ether oxygens (including phenoxy) is 1. The zero-order chi connectivity index (χ0) is 8.15. The number of carbonyl (C=O) groups is 1. The van der Waals surface area contributed by atoms with E-state index in [1.165, 1.54) is 6.92 Å². The topological polar surface area (TPSA) is 46.5 Å². The van der Waals surface area contributed by atoms with Crippen LogP contribution in [0.15, 0.2) is 0 Å². The first-order valence-corrected chi connectivity index (χ1v) is 3.54. The predicted octanol–water partition coefficient (Wildman–Crippen LogP) is 0.885. The zero-order valence-electron chi connectivity index (χ0n) is 6.00. The molecule has 10 heavy (non-hydrogen) atoms. The van der Waals surface area contributed by atoms with E-state index in [1.807, 2.05) is 0 Å². The summed E-state index contributed by atoms with van der Waals surface area (Å²) in [7, 11) is 0. The zero-order valence-corrected chi connectivity index (χ0v) is 6.76. The van der Waals surface area contributed by atoms with E-state index in [4.69, 9.17) is 16.7 Å². The molecule has 0 saturated carbocycles. The summed E-state index contributed by atoms with van der Waals surface area (Å²) in [6, 6.07) is 0. The molecule has 4 heteroatoms. The Kier molecular flexibility index (Phi) is 4.40. The van der Waals surface area contributed by atoms with Crippen LogP contribution in [0.4, 0.5) is 0 Å². The molecule has 0 bridgehead atoms. The molecule has 0 spiro atoms. The molecule has 0 aliphatic heterocycles. The van der Waals surface area contributed by atoms with Gasteiger partial charge in [0.05, 0.1) is 0 Å². The highest BCUT2D eigenvalue weighted by molar-refractivity contribution is 6.20. The molecule has 0 fully saturated rings. The first-order chi connectivity index (χ1) is 4.57. The predicted molar refractivity (Wildman–Crippen MR) is 37.7 cm³/mol. The summed E-state index contributed by atoms with van der Waals surface area (Å²) in [5.74, 6) is -0.662. The van der Waals surface area contributed by atoms with Crippen LogP contribution in [0.5, 0.6) is 0 Å². The maximum absolute atomic E-state index is 10.6. The Morgan fingerprint density at radius 3 is 2.60 bits per heavy atom. The second-order valence-electron chi connectivity index (χ2n) is 1.90. The average molecular weight is 167 g/mol. The molecule has 1 N–H and O–H groups in total. The highest BCUT2D eigenvalue weighted by Gasteiger charge is 2.15. The Balaban J connectivity index is 3.62. The van der Waals surface area contributed by atoms with Crippen molar-refractivity contribution in [3.63, 3.8) is 0 Å². The van der Waals surface area contributed by atoms with Gasteiger partial charge < -0.3 is 9.84 Å². The van der Waals surface area contributed by atoms with Gasteiger partial charge in [-0.15, -0.1) is 0 Å². The molecule has 0 heterocycles. The van der Waals surface area contributed by atoms with Gasteiger partial charge in [-0.1, -0.05) is 18.5 Å². The molecule has 2 atom stereocenters. The van der Waals surface area contributed by atoms with Crippen molar-refractivity contribution in [2.45, 2.75) is 31.9 Å². The molecule has 0 aromatic rings. The fourth-order valence-electron chi connectivity index (χ4n) is 0.405. The molecule has 60 valence electrons. The van der Waals surface area contributed by atoms with E-state index in [0.717, 1.165) is 0 Å². The number of aliphatic hydroxyl groups excluding tert-OH is 1. The van der Waals surface area contributed by atoms with E-state index in [9.17, 15) is 4.79 Å². The van der Waals surface area contributed by atoms with Gasteiger partial charge >= 0.3 is 5.97 Å². The van der Waals surface area contributed by atoms with E-state index in [0.29, 0.717) is 6.42 Å². The van der Waals surface area contributed by atoms with Crippen molar-refractivity contribution in [1.29, 1.82) is 0 Å². The van der Waals surface area contributed by atoms with Crippen molar-refractivity contribution in [3.05, 3.63) is 0 Å². The van der Waals surface area contributed by atoms with Gasteiger partial charge in [0.25, 0.3) is 0 Å². The van der Waals surface area contributed by atoms with Crippen molar-refractivity contribution < 1.29 is 14.6 Å². The lowest BCUT2D eigenvalue weighted by Gasteiger charge is -2.08. The number of esters is 1. The van der Waals surface area contributed by atoms with Crippen LogP contribution >= 0.6 is 11.6 Å². The van der Waals surface area contributed by atoms with Crippen molar-refractivity contribution in [2.75, 3.05) is 0 Å². The molecule has 0 aromatic carbocycles. The van der Waals surface area contributed by atoms with Crippen LogP contribution in [0.25, 0.3) is 0 Å². The standard InChI is InChI=1S/C6H11ClO3/c1-3-5(8)6(9)10-4(2)7/h4-5,8H,3H2,1-2H3. The monoisotopic (exact) mass is 166 g/mol. The fourth-order valence-corrected chi connectivity index (χ4v) is 0.493. The Morgan fingerprint density at radius 2 is 2.30 bits per heavy atom. The third-order valence-corrected chi connectivity index (χ3v) is 1.03. The summed E-state index contributed by atoms with van der Waals surface area (Å²) in [5.41, 5.74) is -0.673. The summed E-state index contributed by atoms with van der Waals surface area (Å²) >= 11 is 5.32. The molecule has 0 aliphatic rings. The molecule has 3 nitrogen and oxygen atoms in total. The molecule has 0 radical (unpaired) electrons. The molecule has 0 rings (SSSR count). The van der Waals surface area contributed by atoms with Crippen LogP contribution in [-0.2, 0) is 9.53 Å². The van der Waals surface area contributed by atoms with Crippen molar-refractivity contribution in [1.82, 2.24) is 0 Å². The van der Waals surface area contributed by atoms with Gasteiger partial charge in [0.1, 0.15) is 0 Å². The van der Waals surface area contributed by atoms with E-state index < -0.39 is 17.6 Å².